The van der Waals surface area contributed by atoms with Crippen molar-refractivity contribution in [2.45, 2.75) is 34.3 Å². The van der Waals surface area contributed by atoms with E-state index in [1.807, 2.05) is 19.1 Å². The van der Waals surface area contributed by atoms with E-state index in [9.17, 15) is 14.4 Å². The summed E-state index contributed by atoms with van der Waals surface area (Å²) in [5, 5.41) is 0. The van der Waals surface area contributed by atoms with Crippen molar-refractivity contribution in [2.75, 3.05) is 7.11 Å². The zero-order valence-electron chi connectivity index (χ0n) is 15.5. The Kier molecular flexibility index (Phi) is 5.59. The predicted molar refractivity (Wildman–Crippen MR) is 95.6 cm³/mol. The molecule has 0 aliphatic carbocycles. The molecule has 26 heavy (non-hydrogen) atoms. The second-order valence-electron chi connectivity index (χ2n) is 6.93. The molecule has 0 saturated carbocycles. The van der Waals surface area contributed by atoms with E-state index < -0.39 is 22.9 Å². The van der Waals surface area contributed by atoms with E-state index in [-0.39, 0.29) is 23.7 Å². The van der Waals surface area contributed by atoms with Gasteiger partial charge in [0.05, 0.1) is 18.1 Å². The number of rotatable bonds is 4. The van der Waals surface area contributed by atoms with Crippen molar-refractivity contribution in [2.24, 2.45) is 5.41 Å². The smallest absolute Gasteiger partial charge is 0.357 e. The minimum absolute atomic E-state index is 0.0506. The summed E-state index contributed by atoms with van der Waals surface area (Å²) in [4.78, 5) is 43.4. The molecule has 0 atom stereocenters. The Bertz CT molecular complexity index is 876. The Balaban J connectivity index is 2.45. The molecule has 138 valence electrons. The Morgan fingerprint density at radius 3 is 2.31 bits per heavy atom. The van der Waals surface area contributed by atoms with Gasteiger partial charge in [-0.05, 0) is 27.7 Å². The van der Waals surface area contributed by atoms with Crippen LogP contribution in [0.4, 0.5) is 0 Å². The number of nitrogens with one attached hydrogen (secondary N) is 1. The number of nitrogens with zero attached hydrogens (tertiary/aromatic N) is 1. The van der Waals surface area contributed by atoms with E-state index >= 15 is 0 Å². The lowest BCUT2D eigenvalue weighted by Crippen LogP contribution is -2.27. The highest BCUT2D eigenvalue weighted by molar-refractivity contribution is 5.89. The largest absolute Gasteiger partial charge is 0.464 e. The average molecular weight is 358 g/mol. The van der Waals surface area contributed by atoms with Crippen LogP contribution in [0.2, 0.25) is 0 Å². The number of aromatic amines is 1. The summed E-state index contributed by atoms with van der Waals surface area (Å²) in [7, 11) is 1.20. The zero-order valence-corrected chi connectivity index (χ0v) is 15.5. The zero-order chi connectivity index (χ0) is 19.5. The van der Waals surface area contributed by atoms with Crippen LogP contribution in [0.25, 0.3) is 11.4 Å². The van der Waals surface area contributed by atoms with Crippen LogP contribution in [0.15, 0.2) is 29.1 Å². The van der Waals surface area contributed by atoms with Crippen LogP contribution in [0.5, 0.6) is 0 Å². The number of hydrogen-bond acceptors (Lipinski definition) is 6. The first-order valence-electron chi connectivity index (χ1n) is 8.09. The van der Waals surface area contributed by atoms with Gasteiger partial charge in [0.1, 0.15) is 12.4 Å². The molecule has 7 heteroatoms. The molecule has 0 amide bonds. The quantitative estimate of drug-likeness (QED) is 0.844. The molecule has 0 spiro atoms. The maximum absolute atomic E-state index is 12.5. The minimum Gasteiger partial charge on any atom is -0.464 e. The number of methoxy groups -OCH3 is 1. The van der Waals surface area contributed by atoms with Gasteiger partial charge < -0.3 is 14.5 Å². The molecule has 2 rings (SSSR count). The Morgan fingerprint density at radius 2 is 1.77 bits per heavy atom. The highest BCUT2D eigenvalue weighted by Crippen LogP contribution is 2.19. The fourth-order valence-electron chi connectivity index (χ4n) is 2.10. The molecule has 1 aromatic carbocycles. The number of carbonyl (C=O) groups excluding carboxylic acids is 2. The Hall–Kier alpha value is -2.96. The van der Waals surface area contributed by atoms with Crippen molar-refractivity contribution in [3.8, 4) is 11.4 Å². The molecule has 0 aliphatic heterocycles. The van der Waals surface area contributed by atoms with Crippen LogP contribution < -0.4 is 5.56 Å². The van der Waals surface area contributed by atoms with E-state index in [1.165, 1.54) is 7.11 Å². The number of H-pyrrole nitrogens is 1. The fourth-order valence-corrected chi connectivity index (χ4v) is 2.10. The van der Waals surface area contributed by atoms with E-state index in [0.29, 0.717) is 5.56 Å². The fraction of sp³-hybridized carbons (Fsp3) is 0.368. The van der Waals surface area contributed by atoms with Crippen LogP contribution in [-0.2, 0) is 20.9 Å². The number of ether oxygens (including phenoxy) is 2. The first-order chi connectivity index (χ1) is 12.1. The van der Waals surface area contributed by atoms with Gasteiger partial charge in [-0.25, -0.2) is 9.78 Å². The summed E-state index contributed by atoms with van der Waals surface area (Å²) < 4.78 is 9.88. The van der Waals surface area contributed by atoms with Gasteiger partial charge in [-0.2, -0.15) is 0 Å². The molecule has 0 saturated heterocycles. The van der Waals surface area contributed by atoms with Crippen molar-refractivity contribution in [3.05, 3.63) is 51.4 Å². The van der Waals surface area contributed by atoms with Gasteiger partial charge in [0.15, 0.2) is 5.69 Å². The van der Waals surface area contributed by atoms with Gasteiger partial charge in [0, 0.05) is 5.56 Å². The molecule has 0 bridgehead atoms. The standard InChI is InChI=1S/C19H22N2O5/c1-11-6-8-12(9-7-11)15-20-14(17(23)25-5)13(16(22)21-15)10-26-18(24)19(2,3)4/h6-9H,10H2,1-5H3,(H,20,21,22). The van der Waals surface area contributed by atoms with Crippen molar-refractivity contribution in [1.29, 1.82) is 0 Å². The summed E-state index contributed by atoms with van der Waals surface area (Å²) in [6.45, 7) is 6.65. The summed E-state index contributed by atoms with van der Waals surface area (Å²) >= 11 is 0. The second-order valence-corrected chi connectivity index (χ2v) is 6.93. The third-order valence-electron chi connectivity index (χ3n) is 3.68. The number of carbonyl (C=O) groups is 2. The van der Waals surface area contributed by atoms with Gasteiger partial charge in [0.25, 0.3) is 5.56 Å². The van der Waals surface area contributed by atoms with Crippen molar-refractivity contribution < 1.29 is 19.1 Å². The van der Waals surface area contributed by atoms with E-state index in [2.05, 4.69) is 9.97 Å². The summed E-state index contributed by atoms with van der Waals surface area (Å²) in [6.07, 6.45) is 0. The predicted octanol–water partition coefficient (Wildman–Crippen LogP) is 2.62. The number of hydrogen-bond donors (Lipinski definition) is 1. The van der Waals surface area contributed by atoms with Gasteiger partial charge in [-0.3, -0.25) is 9.59 Å². The van der Waals surface area contributed by atoms with Crippen LogP contribution in [-0.4, -0.2) is 29.0 Å². The number of esters is 2. The average Bonchev–Trinajstić information content (AvgIpc) is 2.58. The lowest BCUT2D eigenvalue weighted by Gasteiger charge is -2.17. The summed E-state index contributed by atoms with van der Waals surface area (Å²) in [5.41, 5.74) is 0.190. The highest BCUT2D eigenvalue weighted by atomic mass is 16.5. The van der Waals surface area contributed by atoms with E-state index in [4.69, 9.17) is 9.47 Å². The van der Waals surface area contributed by atoms with Crippen LogP contribution in [0.3, 0.4) is 0 Å². The van der Waals surface area contributed by atoms with Crippen LogP contribution in [0, 0.1) is 12.3 Å². The molecule has 0 fully saturated rings. The molecular weight excluding hydrogens is 336 g/mol. The number of benzene rings is 1. The molecule has 1 N–H and O–H groups in total. The first kappa shape index (κ1) is 19.4. The summed E-state index contributed by atoms with van der Waals surface area (Å²) in [6, 6.07) is 7.31. The lowest BCUT2D eigenvalue weighted by atomic mass is 9.97. The number of aryl methyl sites for hydroxylation is 1. The Labute approximate surface area is 151 Å². The van der Waals surface area contributed by atoms with Crippen molar-refractivity contribution in [1.82, 2.24) is 9.97 Å². The SMILES string of the molecule is COC(=O)c1nc(-c2ccc(C)cc2)[nH]c(=O)c1COC(=O)C(C)(C)C. The third kappa shape index (κ3) is 4.36. The van der Waals surface area contributed by atoms with Crippen LogP contribution in [0.1, 0.15) is 42.4 Å². The van der Waals surface area contributed by atoms with Crippen molar-refractivity contribution >= 4 is 11.9 Å². The molecule has 1 aromatic heterocycles. The van der Waals surface area contributed by atoms with E-state index in [1.54, 1.807) is 32.9 Å². The molecule has 0 aliphatic rings. The molecule has 1 heterocycles. The van der Waals surface area contributed by atoms with Gasteiger partial charge in [-0.1, -0.05) is 29.8 Å². The van der Waals surface area contributed by atoms with Crippen LogP contribution >= 0.6 is 0 Å². The third-order valence-corrected chi connectivity index (χ3v) is 3.68. The molecule has 7 nitrogen and oxygen atoms in total. The van der Waals surface area contributed by atoms with Gasteiger partial charge in [0.2, 0.25) is 0 Å². The molecule has 0 unspecified atom stereocenters. The molecule has 0 radical (unpaired) electrons. The normalized spacial score (nSPS) is 11.1. The molecule has 2 aromatic rings. The minimum atomic E-state index is -0.772. The lowest BCUT2D eigenvalue weighted by molar-refractivity contribution is -0.154. The summed E-state index contributed by atoms with van der Waals surface area (Å²) in [5.74, 6) is -1.03. The van der Waals surface area contributed by atoms with E-state index in [0.717, 1.165) is 5.56 Å². The maximum Gasteiger partial charge on any atom is 0.357 e. The number of aromatic nitrogens is 2. The second kappa shape index (κ2) is 7.51. The monoisotopic (exact) mass is 358 g/mol. The first-order valence-corrected chi connectivity index (χ1v) is 8.09. The topological polar surface area (TPSA) is 98.3 Å². The highest BCUT2D eigenvalue weighted by Gasteiger charge is 2.26. The van der Waals surface area contributed by atoms with Gasteiger partial charge >= 0.3 is 11.9 Å². The maximum atomic E-state index is 12.5. The van der Waals surface area contributed by atoms with Gasteiger partial charge in [-0.15, -0.1) is 0 Å². The molecular formula is C19H22N2O5. The Morgan fingerprint density at radius 1 is 1.15 bits per heavy atom. The van der Waals surface area contributed by atoms with Crippen molar-refractivity contribution in [3.63, 3.8) is 0 Å².